The number of carbonyl (C=O) groups excluding carboxylic acids is 2. The van der Waals surface area contributed by atoms with Crippen LogP contribution >= 0.6 is 31.9 Å². The number of anilines is 2. The minimum Gasteiger partial charge on any atom is -0.350 e. The quantitative estimate of drug-likeness (QED) is 0.214. The van der Waals surface area contributed by atoms with Gasteiger partial charge in [-0.1, -0.05) is 94.2 Å². The van der Waals surface area contributed by atoms with Crippen molar-refractivity contribution in [1.82, 2.24) is 4.98 Å². The number of nitrogens with one attached hydrogen (secondary N) is 1. The summed E-state index contributed by atoms with van der Waals surface area (Å²) in [6.07, 6.45) is 0.872. The second kappa shape index (κ2) is 8.04. The van der Waals surface area contributed by atoms with E-state index in [1.165, 1.54) is 0 Å². The van der Waals surface area contributed by atoms with Gasteiger partial charge in [0, 0.05) is 25.1 Å². The first-order chi connectivity index (χ1) is 16.9. The number of carbonyl (C=O) groups is 2. The van der Waals surface area contributed by atoms with Gasteiger partial charge in [0.15, 0.2) is 5.78 Å². The van der Waals surface area contributed by atoms with Crippen LogP contribution in [-0.4, -0.2) is 16.7 Å². The van der Waals surface area contributed by atoms with Gasteiger partial charge in [0.25, 0.3) is 0 Å². The van der Waals surface area contributed by atoms with Crippen molar-refractivity contribution in [2.75, 3.05) is 4.90 Å². The Bertz CT molecular complexity index is 1700. The van der Waals surface area contributed by atoms with Crippen LogP contribution in [0.1, 0.15) is 37.2 Å². The lowest BCUT2D eigenvalue weighted by Gasteiger charge is -2.39. The summed E-state index contributed by atoms with van der Waals surface area (Å²) in [4.78, 5) is 33.6. The fraction of sp³-hybridized carbons (Fsp3) is 0.172. The van der Waals surface area contributed by atoms with E-state index in [0.717, 1.165) is 47.1 Å². The van der Waals surface area contributed by atoms with Gasteiger partial charge in [-0.25, -0.2) is 0 Å². The second-order valence-electron chi connectivity index (χ2n) is 9.05. The molecule has 1 aliphatic heterocycles. The number of halogens is 2. The average Bonchev–Trinajstić information content (AvgIpc) is 3.25. The molecule has 35 heavy (non-hydrogen) atoms. The Morgan fingerprint density at radius 2 is 1.40 bits per heavy atom. The van der Waals surface area contributed by atoms with Gasteiger partial charge in [-0.05, 0) is 41.8 Å². The molecular formula is C29H22Br2N2O2. The molecule has 1 N–H and O–H groups in total. The fourth-order valence-corrected chi connectivity index (χ4v) is 6.65. The minimum atomic E-state index is -1.12. The van der Waals surface area contributed by atoms with Crippen LogP contribution in [0.15, 0.2) is 75.7 Å². The highest BCUT2D eigenvalue weighted by molar-refractivity contribution is 9.11. The Hall–Kier alpha value is -2.96. The molecule has 0 saturated heterocycles. The fourth-order valence-electron chi connectivity index (χ4n) is 5.57. The first kappa shape index (κ1) is 22.5. The van der Waals surface area contributed by atoms with E-state index >= 15 is 0 Å². The Labute approximate surface area is 219 Å². The number of hydrogen-bond acceptors (Lipinski definition) is 2. The minimum absolute atomic E-state index is 0.128. The predicted octanol–water partition coefficient (Wildman–Crippen LogP) is 8.67. The third kappa shape index (κ3) is 2.96. The summed E-state index contributed by atoms with van der Waals surface area (Å²) in [6, 6.07) is 22.1. The van der Waals surface area contributed by atoms with Crippen molar-refractivity contribution in [2.24, 2.45) is 5.41 Å². The van der Waals surface area contributed by atoms with Gasteiger partial charge in [-0.3, -0.25) is 14.5 Å². The Balaban J connectivity index is 1.78. The Kier molecular flexibility index (Phi) is 5.17. The third-order valence-corrected chi connectivity index (χ3v) is 8.88. The predicted molar refractivity (Wildman–Crippen MR) is 150 cm³/mol. The van der Waals surface area contributed by atoms with E-state index in [1.807, 2.05) is 80.6 Å². The molecule has 4 nitrogen and oxygen atoms in total. The first-order valence-electron chi connectivity index (χ1n) is 11.7. The maximum atomic E-state index is 14.4. The van der Waals surface area contributed by atoms with Crippen LogP contribution in [0.5, 0.6) is 0 Å². The smallest absolute Gasteiger partial charge is 0.245 e. The maximum Gasteiger partial charge on any atom is 0.245 e. The molecular weight excluding hydrogens is 568 g/mol. The zero-order chi connectivity index (χ0) is 24.5. The van der Waals surface area contributed by atoms with Gasteiger partial charge in [0.05, 0.1) is 16.9 Å². The number of fused-ring (bicyclic) bond motifs is 6. The summed E-state index contributed by atoms with van der Waals surface area (Å²) in [5, 5.41) is 4.87. The van der Waals surface area contributed by atoms with Crippen LogP contribution in [-0.2, 0) is 4.79 Å². The number of Topliss-reactive ketones (excluding diaryl/α,β-unsaturated/α-hetero) is 1. The number of hydrogen-bond donors (Lipinski definition) is 1. The van der Waals surface area contributed by atoms with Gasteiger partial charge >= 0.3 is 0 Å². The zero-order valence-corrected chi connectivity index (χ0v) is 22.5. The number of benzene rings is 4. The summed E-state index contributed by atoms with van der Waals surface area (Å²) in [5.41, 5.74) is 1.66. The van der Waals surface area contributed by atoms with Gasteiger partial charge in [-0.2, -0.15) is 0 Å². The standard InChI is InChI=1S/C29H22Br2N2O2/c1-3-29(4-2)27(34)25-26(20-15-22(31)17-9-5-6-10-19(17)24(20)32-25)33(28(29)35)23-14-8-11-16-18(23)12-7-13-21(16)30/h5-15,32H,3-4H2,1-2H3. The van der Waals surface area contributed by atoms with Crippen LogP contribution in [0.25, 0.3) is 32.4 Å². The summed E-state index contributed by atoms with van der Waals surface area (Å²) < 4.78 is 1.88. The third-order valence-electron chi connectivity index (χ3n) is 7.53. The lowest BCUT2D eigenvalue weighted by atomic mass is 9.73. The molecule has 0 saturated carbocycles. The van der Waals surface area contributed by atoms with Gasteiger partial charge < -0.3 is 4.98 Å². The molecule has 0 spiro atoms. The second-order valence-corrected chi connectivity index (χ2v) is 10.8. The van der Waals surface area contributed by atoms with Crippen LogP contribution < -0.4 is 4.90 Å². The molecule has 1 amide bonds. The number of H-pyrrole nitrogens is 1. The molecule has 0 bridgehead atoms. The zero-order valence-electron chi connectivity index (χ0n) is 19.3. The average molecular weight is 590 g/mol. The highest BCUT2D eigenvalue weighted by Crippen LogP contribution is 2.51. The Morgan fingerprint density at radius 3 is 2.14 bits per heavy atom. The van der Waals surface area contributed by atoms with Crippen molar-refractivity contribution in [2.45, 2.75) is 26.7 Å². The highest BCUT2D eigenvalue weighted by atomic mass is 79.9. The van der Waals surface area contributed by atoms with Crippen LogP contribution in [0, 0.1) is 5.41 Å². The van der Waals surface area contributed by atoms with Crippen molar-refractivity contribution in [3.63, 3.8) is 0 Å². The first-order valence-corrected chi connectivity index (χ1v) is 13.3. The molecule has 0 radical (unpaired) electrons. The largest absolute Gasteiger partial charge is 0.350 e. The number of aromatic nitrogens is 1. The molecule has 6 rings (SSSR count). The normalized spacial score (nSPS) is 15.4. The van der Waals surface area contributed by atoms with Crippen molar-refractivity contribution in [1.29, 1.82) is 0 Å². The van der Waals surface area contributed by atoms with E-state index in [1.54, 1.807) is 4.90 Å². The molecule has 0 aliphatic carbocycles. The summed E-state index contributed by atoms with van der Waals surface area (Å²) >= 11 is 7.39. The van der Waals surface area contributed by atoms with Crippen LogP contribution in [0.3, 0.4) is 0 Å². The SMILES string of the molecule is CCC1(CC)C(=O)c2[nH]c3c(cc(Br)c4ccccc43)c2N(c2cccc3c(Br)cccc23)C1=O. The van der Waals surface area contributed by atoms with Crippen molar-refractivity contribution in [3.8, 4) is 0 Å². The molecule has 174 valence electrons. The van der Waals surface area contributed by atoms with Gasteiger partial charge in [0.1, 0.15) is 11.1 Å². The topological polar surface area (TPSA) is 53.2 Å². The van der Waals surface area contributed by atoms with E-state index in [4.69, 9.17) is 0 Å². The number of aromatic amines is 1. The molecule has 1 aromatic heterocycles. The van der Waals surface area contributed by atoms with E-state index < -0.39 is 5.41 Å². The van der Waals surface area contributed by atoms with Gasteiger partial charge in [-0.15, -0.1) is 0 Å². The number of nitrogens with zero attached hydrogens (tertiary/aromatic N) is 1. The van der Waals surface area contributed by atoms with E-state index in [9.17, 15) is 9.59 Å². The van der Waals surface area contributed by atoms with Crippen LogP contribution in [0.2, 0.25) is 0 Å². The number of ketones is 1. The lowest BCUT2D eigenvalue weighted by molar-refractivity contribution is -0.125. The van der Waals surface area contributed by atoms with Gasteiger partial charge in [0.2, 0.25) is 5.91 Å². The summed E-state index contributed by atoms with van der Waals surface area (Å²) in [7, 11) is 0. The maximum absolute atomic E-state index is 14.4. The van der Waals surface area contributed by atoms with Crippen molar-refractivity contribution in [3.05, 3.63) is 81.4 Å². The molecule has 1 aliphatic rings. The van der Waals surface area contributed by atoms with E-state index in [2.05, 4.69) is 36.8 Å². The molecule has 0 atom stereocenters. The monoisotopic (exact) mass is 588 g/mol. The Morgan fingerprint density at radius 1 is 0.771 bits per heavy atom. The lowest BCUT2D eigenvalue weighted by Crippen LogP contribution is -2.50. The molecule has 0 fully saturated rings. The number of amides is 1. The molecule has 2 heterocycles. The molecule has 6 heteroatoms. The highest BCUT2D eigenvalue weighted by Gasteiger charge is 2.52. The van der Waals surface area contributed by atoms with E-state index in [-0.39, 0.29) is 11.7 Å². The van der Waals surface area contributed by atoms with Crippen molar-refractivity contribution < 1.29 is 9.59 Å². The molecule has 0 unspecified atom stereocenters. The van der Waals surface area contributed by atoms with E-state index in [0.29, 0.717) is 24.2 Å². The van der Waals surface area contributed by atoms with Crippen molar-refractivity contribution >= 4 is 87.4 Å². The molecule has 4 aromatic carbocycles. The summed E-state index contributed by atoms with van der Waals surface area (Å²) in [5.74, 6) is -0.297. The van der Waals surface area contributed by atoms with Crippen LogP contribution in [0.4, 0.5) is 11.4 Å². The number of rotatable bonds is 3. The molecule has 5 aromatic rings. The summed E-state index contributed by atoms with van der Waals surface area (Å²) in [6.45, 7) is 3.85.